The summed E-state index contributed by atoms with van der Waals surface area (Å²) in [5.74, 6) is -1.82. The van der Waals surface area contributed by atoms with Gasteiger partial charge in [0.1, 0.15) is 30.1 Å². The molecule has 26 heavy (non-hydrogen) atoms. The first-order chi connectivity index (χ1) is 11.9. The Balaban J connectivity index is 2.91. The number of aliphatic hydroxyl groups excluding tert-OH is 3. The van der Waals surface area contributed by atoms with Gasteiger partial charge in [0.25, 0.3) is 0 Å². The third-order valence-electron chi connectivity index (χ3n) is 4.56. The molecule has 3 unspecified atom stereocenters. The van der Waals surface area contributed by atoms with Crippen molar-refractivity contribution in [2.24, 2.45) is 11.8 Å². The summed E-state index contributed by atoms with van der Waals surface area (Å²) in [6.07, 6.45) is -3.36. The lowest BCUT2D eigenvalue weighted by Gasteiger charge is -2.35. The van der Waals surface area contributed by atoms with Crippen molar-refractivity contribution < 1.29 is 34.8 Å². The number of carbonyl (C=O) groups excluding carboxylic acids is 1. The van der Waals surface area contributed by atoms with Crippen LogP contribution in [-0.2, 0) is 14.3 Å². The first kappa shape index (κ1) is 22.8. The largest absolute Gasteiger partial charge is 0.480 e. The molecule has 0 saturated carbocycles. The summed E-state index contributed by atoms with van der Waals surface area (Å²) in [6.45, 7) is 8.24. The summed E-state index contributed by atoms with van der Waals surface area (Å²) < 4.78 is 5.51. The molecule has 0 spiro atoms. The molecule has 9 nitrogen and oxygen atoms in total. The SMILES string of the molecule is CC(C)CC(NC(=O)C(NC1(C)O[C@H](CO)[C@@H](O)[C@@H]1O)C(C)C)C(=O)O. The van der Waals surface area contributed by atoms with Gasteiger partial charge >= 0.3 is 5.97 Å². The number of amides is 1. The van der Waals surface area contributed by atoms with E-state index in [9.17, 15) is 30.0 Å². The summed E-state index contributed by atoms with van der Waals surface area (Å²) in [5.41, 5.74) is -1.46. The number of aliphatic hydroxyl groups is 3. The predicted molar refractivity (Wildman–Crippen MR) is 93.2 cm³/mol. The molecule has 1 aliphatic heterocycles. The van der Waals surface area contributed by atoms with Crippen molar-refractivity contribution in [3.8, 4) is 0 Å². The van der Waals surface area contributed by atoms with Gasteiger partial charge in [0.05, 0.1) is 12.6 Å². The van der Waals surface area contributed by atoms with E-state index < -0.39 is 54.6 Å². The molecular weight excluding hydrogens is 344 g/mol. The Morgan fingerprint density at radius 2 is 1.77 bits per heavy atom. The Morgan fingerprint density at radius 1 is 1.19 bits per heavy atom. The topological polar surface area (TPSA) is 148 Å². The number of carboxylic acids is 1. The Bertz CT molecular complexity index is 500. The van der Waals surface area contributed by atoms with E-state index in [-0.39, 0.29) is 18.3 Å². The number of ether oxygens (including phenoxy) is 1. The fourth-order valence-electron chi connectivity index (χ4n) is 3.05. The Morgan fingerprint density at radius 3 is 2.15 bits per heavy atom. The van der Waals surface area contributed by atoms with Crippen molar-refractivity contribution in [1.82, 2.24) is 10.6 Å². The monoisotopic (exact) mass is 376 g/mol. The van der Waals surface area contributed by atoms with Gasteiger partial charge in [0.15, 0.2) is 0 Å². The summed E-state index contributed by atoms with van der Waals surface area (Å²) in [6, 6.07) is -1.89. The molecule has 0 aromatic rings. The zero-order valence-corrected chi connectivity index (χ0v) is 16.0. The van der Waals surface area contributed by atoms with Crippen LogP contribution in [0.5, 0.6) is 0 Å². The zero-order chi connectivity index (χ0) is 20.2. The maximum atomic E-state index is 12.7. The van der Waals surface area contributed by atoms with Crippen LogP contribution in [0.25, 0.3) is 0 Å². The van der Waals surface area contributed by atoms with Crippen LogP contribution >= 0.6 is 0 Å². The van der Waals surface area contributed by atoms with Gasteiger partial charge in [-0.1, -0.05) is 27.7 Å². The minimum absolute atomic E-state index is 0.0832. The third-order valence-corrected chi connectivity index (χ3v) is 4.56. The van der Waals surface area contributed by atoms with Crippen molar-refractivity contribution in [2.75, 3.05) is 6.61 Å². The summed E-state index contributed by atoms with van der Waals surface area (Å²) in [5, 5.41) is 44.1. The van der Waals surface area contributed by atoms with Gasteiger partial charge in [0, 0.05) is 0 Å². The van der Waals surface area contributed by atoms with Gasteiger partial charge in [-0.2, -0.15) is 0 Å². The first-order valence-electron chi connectivity index (χ1n) is 8.88. The van der Waals surface area contributed by atoms with Gasteiger partial charge in [-0.05, 0) is 25.2 Å². The van der Waals surface area contributed by atoms with Gasteiger partial charge in [0.2, 0.25) is 5.91 Å². The van der Waals surface area contributed by atoms with E-state index in [1.54, 1.807) is 13.8 Å². The van der Waals surface area contributed by atoms with Crippen LogP contribution in [0.2, 0.25) is 0 Å². The molecule has 1 fully saturated rings. The van der Waals surface area contributed by atoms with Crippen molar-refractivity contribution >= 4 is 11.9 Å². The summed E-state index contributed by atoms with van der Waals surface area (Å²) >= 11 is 0. The number of hydrogen-bond donors (Lipinski definition) is 6. The number of carbonyl (C=O) groups is 2. The van der Waals surface area contributed by atoms with E-state index >= 15 is 0 Å². The molecule has 152 valence electrons. The van der Waals surface area contributed by atoms with Crippen LogP contribution in [0, 0.1) is 11.8 Å². The minimum atomic E-state index is -1.46. The third kappa shape index (κ3) is 5.37. The minimum Gasteiger partial charge on any atom is -0.480 e. The maximum absolute atomic E-state index is 12.7. The summed E-state index contributed by atoms with van der Waals surface area (Å²) in [7, 11) is 0. The van der Waals surface area contributed by atoms with Crippen LogP contribution < -0.4 is 10.6 Å². The van der Waals surface area contributed by atoms with E-state index in [1.807, 2.05) is 13.8 Å². The molecule has 9 heteroatoms. The second-order valence-corrected chi connectivity index (χ2v) is 7.78. The second kappa shape index (κ2) is 9.09. The molecule has 6 N–H and O–H groups in total. The highest BCUT2D eigenvalue weighted by Gasteiger charge is 2.52. The lowest BCUT2D eigenvalue weighted by molar-refractivity contribution is -0.144. The molecule has 1 heterocycles. The van der Waals surface area contributed by atoms with Crippen molar-refractivity contribution in [3.05, 3.63) is 0 Å². The quantitative estimate of drug-likeness (QED) is 0.302. The van der Waals surface area contributed by atoms with Gasteiger partial charge in [-0.3, -0.25) is 10.1 Å². The number of nitrogens with one attached hydrogen (secondary N) is 2. The molecule has 6 atom stereocenters. The molecule has 0 aromatic carbocycles. The molecule has 1 rings (SSSR count). The Kier molecular flexibility index (Phi) is 7.97. The van der Waals surface area contributed by atoms with Crippen LogP contribution in [0.3, 0.4) is 0 Å². The summed E-state index contributed by atoms with van der Waals surface area (Å²) in [4.78, 5) is 24.1. The highest BCUT2D eigenvalue weighted by Crippen LogP contribution is 2.30. The van der Waals surface area contributed by atoms with Crippen LogP contribution in [0.4, 0.5) is 0 Å². The van der Waals surface area contributed by atoms with E-state index in [0.29, 0.717) is 0 Å². The van der Waals surface area contributed by atoms with Gasteiger partial charge < -0.3 is 30.5 Å². The second-order valence-electron chi connectivity index (χ2n) is 7.78. The van der Waals surface area contributed by atoms with Crippen molar-refractivity contribution in [3.63, 3.8) is 0 Å². The normalized spacial score (nSPS) is 31.2. The number of hydrogen-bond acceptors (Lipinski definition) is 7. The Hall–Kier alpha value is -1.26. The molecule has 0 bridgehead atoms. The molecule has 1 amide bonds. The van der Waals surface area contributed by atoms with Crippen LogP contribution in [0.1, 0.15) is 41.0 Å². The fourth-order valence-corrected chi connectivity index (χ4v) is 3.05. The lowest BCUT2D eigenvalue weighted by atomic mass is 9.97. The average Bonchev–Trinajstić information content (AvgIpc) is 2.75. The van der Waals surface area contributed by atoms with E-state index in [0.717, 1.165) is 0 Å². The van der Waals surface area contributed by atoms with Crippen molar-refractivity contribution in [2.45, 2.75) is 77.2 Å². The number of carboxylic acid groups (broad SMARTS) is 1. The molecule has 1 aliphatic rings. The molecular formula is C17H32N2O7. The highest BCUT2D eigenvalue weighted by atomic mass is 16.6. The average molecular weight is 376 g/mol. The van der Waals surface area contributed by atoms with E-state index in [2.05, 4.69) is 10.6 Å². The molecule has 0 aliphatic carbocycles. The molecule has 0 radical (unpaired) electrons. The van der Waals surface area contributed by atoms with Crippen LogP contribution in [-0.4, -0.2) is 75.0 Å². The lowest BCUT2D eigenvalue weighted by Crippen LogP contribution is -2.62. The molecule has 0 aromatic heterocycles. The number of rotatable bonds is 9. The molecule has 1 saturated heterocycles. The van der Waals surface area contributed by atoms with Crippen molar-refractivity contribution in [1.29, 1.82) is 0 Å². The smallest absolute Gasteiger partial charge is 0.326 e. The van der Waals surface area contributed by atoms with Gasteiger partial charge in [-0.25, -0.2) is 4.79 Å². The first-order valence-corrected chi connectivity index (χ1v) is 8.88. The maximum Gasteiger partial charge on any atom is 0.326 e. The van der Waals surface area contributed by atoms with E-state index in [1.165, 1.54) is 6.92 Å². The predicted octanol–water partition coefficient (Wildman–Crippen LogP) is -0.955. The van der Waals surface area contributed by atoms with E-state index in [4.69, 9.17) is 4.74 Å². The highest BCUT2D eigenvalue weighted by molar-refractivity contribution is 5.87. The zero-order valence-electron chi connectivity index (χ0n) is 16.0. The standard InChI is InChI=1S/C17H32N2O7/c1-8(2)6-10(16(24)25)18-15(23)12(9(3)4)19-17(5)14(22)13(21)11(7-20)26-17/h8-14,19-22H,6-7H2,1-5H3,(H,18,23)(H,24,25)/t10?,11-,12?,13-,14+,17?/m1/s1. The van der Waals surface area contributed by atoms with Gasteiger partial charge in [-0.15, -0.1) is 0 Å². The number of aliphatic carboxylic acids is 1. The fraction of sp³-hybridized carbons (Fsp3) is 0.882. The Labute approximate surface area is 153 Å². The van der Waals surface area contributed by atoms with Crippen LogP contribution in [0.15, 0.2) is 0 Å².